The zero-order chi connectivity index (χ0) is 27.5. The van der Waals surface area contributed by atoms with Crippen molar-refractivity contribution in [1.82, 2.24) is 10.6 Å². The van der Waals surface area contributed by atoms with Gasteiger partial charge in [0.25, 0.3) is 5.91 Å². The molecule has 0 saturated carbocycles. The van der Waals surface area contributed by atoms with Gasteiger partial charge in [-0.05, 0) is 59.7 Å². The molecule has 0 aromatic heterocycles. The number of carbonyl (C=O) groups is 3. The first-order valence-corrected chi connectivity index (χ1v) is 12.1. The van der Waals surface area contributed by atoms with Crippen molar-refractivity contribution < 1.29 is 19.1 Å². The average molecular weight is 534 g/mol. The topological polar surface area (TPSA) is 132 Å². The van der Waals surface area contributed by atoms with Crippen LogP contribution in [0, 0.1) is 5.41 Å². The van der Waals surface area contributed by atoms with Crippen LogP contribution in [0.1, 0.15) is 13.8 Å². The number of ether oxygens (including phenoxy) is 1. The first kappa shape index (κ1) is 27.9. The summed E-state index contributed by atoms with van der Waals surface area (Å²) in [7, 11) is 0. The van der Waals surface area contributed by atoms with Crippen molar-refractivity contribution in [3.8, 4) is 16.9 Å². The van der Waals surface area contributed by atoms with E-state index in [2.05, 4.69) is 21.3 Å². The summed E-state index contributed by atoms with van der Waals surface area (Å²) >= 11 is 5.94. The van der Waals surface area contributed by atoms with E-state index < -0.39 is 5.91 Å². The Morgan fingerprint density at radius 3 is 2.13 bits per heavy atom. The minimum atomic E-state index is -0.579. The van der Waals surface area contributed by atoms with E-state index in [1.165, 1.54) is 13.8 Å². The van der Waals surface area contributed by atoms with E-state index in [0.29, 0.717) is 28.7 Å². The molecule has 10 heteroatoms. The Hall–Kier alpha value is -4.63. The third-order valence-corrected chi connectivity index (χ3v) is 5.35. The number of hydrogen-bond donors (Lipinski definition) is 5. The van der Waals surface area contributed by atoms with Crippen LogP contribution in [-0.4, -0.2) is 37.0 Å². The van der Waals surface area contributed by atoms with Crippen LogP contribution < -0.4 is 26.0 Å². The van der Waals surface area contributed by atoms with E-state index in [0.717, 1.165) is 17.3 Å². The van der Waals surface area contributed by atoms with Crippen molar-refractivity contribution >= 4 is 46.9 Å². The van der Waals surface area contributed by atoms with Crippen LogP contribution in [0.25, 0.3) is 11.1 Å². The fraction of sp³-hybridized carbons (Fsp3) is 0.143. The predicted molar refractivity (Wildman–Crippen MR) is 149 cm³/mol. The van der Waals surface area contributed by atoms with Gasteiger partial charge in [0.2, 0.25) is 17.6 Å². The van der Waals surface area contributed by atoms with E-state index in [1.54, 1.807) is 42.5 Å². The highest BCUT2D eigenvalue weighted by atomic mass is 35.5. The van der Waals surface area contributed by atoms with E-state index in [9.17, 15) is 14.4 Å². The molecule has 0 radical (unpaired) electrons. The predicted octanol–water partition coefficient (Wildman–Crippen LogP) is 4.57. The molecule has 196 valence electrons. The van der Waals surface area contributed by atoms with Crippen LogP contribution in [-0.2, 0) is 14.4 Å². The smallest absolute Gasteiger partial charge is 0.293 e. The largest absolute Gasteiger partial charge is 0.449 e. The molecule has 3 aromatic rings. The normalized spacial score (nSPS) is 11.0. The highest BCUT2D eigenvalue weighted by molar-refractivity contribution is 6.30. The number of carbonyl (C=O) groups excluding carboxylic acids is 3. The zero-order valence-corrected chi connectivity index (χ0v) is 21.7. The van der Waals surface area contributed by atoms with Gasteiger partial charge in [-0.1, -0.05) is 35.9 Å². The second-order valence-electron chi connectivity index (χ2n) is 8.15. The number of amides is 3. The van der Waals surface area contributed by atoms with Gasteiger partial charge >= 0.3 is 0 Å². The maximum absolute atomic E-state index is 13.2. The molecule has 0 heterocycles. The van der Waals surface area contributed by atoms with Crippen LogP contribution >= 0.6 is 11.6 Å². The number of hydrogen-bond acceptors (Lipinski definition) is 6. The second-order valence-corrected chi connectivity index (χ2v) is 8.58. The Bertz CT molecular complexity index is 1340. The highest BCUT2D eigenvalue weighted by Crippen LogP contribution is 2.26. The summed E-state index contributed by atoms with van der Waals surface area (Å²) in [5.74, 6) is -0.680. The van der Waals surface area contributed by atoms with Crippen molar-refractivity contribution in [1.29, 1.82) is 5.41 Å². The summed E-state index contributed by atoms with van der Waals surface area (Å²) in [5, 5.41) is 19.5. The quantitative estimate of drug-likeness (QED) is 0.107. The lowest BCUT2D eigenvalue weighted by molar-refractivity contribution is -0.119. The fourth-order valence-electron chi connectivity index (χ4n) is 3.39. The van der Waals surface area contributed by atoms with Crippen molar-refractivity contribution in [2.45, 2.75) is 13.8 Å². The van der Waals surface area contributed by atoms with Gasteiger partial charge < -0.3 is 31.4 Å². The van der Waals surface area contributed by atoms with Crippen LogP contribution in [0.2, 0.25) is 5.02 Å². The minimum Gasteiger partial charge on any atom is -0.449 e. The zero-order valence-electron chi connectivity index (χ0n) is 20.9. The Morgan fingerprint density at radius 2 is 1.50 bits per heavy atom. The van der Waals surface area contributed by atoms with E-state index in [-0.39, 0.29) is 29.8 Å². The van der Waals surface area contributed by atoms with Gasteiger partial charge in [0.1, 0.15) is 11.4 Å². The van der Waals surface area contributed by atoms with Crippen LogP contribution in [0.15, 0.2) is 84.3 Å². The number of allylic oxidation sites excluding steroid dienone is 1. The maximum atomic E-state index is 13.2. The summed E-state index contributed by atoms with van der Waals surface area (Å²) < 4.78 is 5.95. The number of rotatable bonds is 11. The fourth-order valence-corrected chi connectivity index (χ4v) is 3.52. The molecule has 3 aromatic carbocycles. The summed E-state index contributed by atoms with van der Waals surface area (Å²) in [6.07, 6.45) is 0.979. The van der Waals surface area contributed by atoms with Gasteiger partial charge in [0, 0.05) is 49.5 Å². The molecule has 0 atom stereocenters. The van der Waals surface area contributed by atoms with Crippen molar-refractivity contribution in [2.24, 2.45) is 0 Å². The molecule has 0 saturated heterocycles. The monoisotopic (exact) mass is 533 g/mol. The summed E-state index contributed by atoms with van der Waals surface area (Å²) in [4.78, 5) is 35.7. The summed E-state index contributed by atoms with van der Waals surface area (Å²) in [6.45, 7) is 3.42. The lowest BCUT2D eigenvalue weighted by Gasteiger charge is -2.16. The lowest BCUT2D eigenvalue weighted by Crippen LogP contribution is -2.32. The molecule has 0 bridgehead atoms. The van der Waals surface area contributed by atoms with Gasteiger partial charge in [-0.3, -0.25) is 14.4 Å². The Morgan fingerprint density at radius 1 is 0.816 bits per heavy atom. The molecule has 3 rings (SSSR count). The molecule has 9 nitrogen and oxygen atoms in total. The molecule has 0 fully saturated rings. The van der Waals surface area contributed by atoms with Crippen molar-refractivity contribution in [3.63, 3.8) is 0 Å². The van der Waals surface area contributed by atoms with Gasteiger partial charge in [-0.25, -0.2) is 0 Å². The highest BCUT2D eigenvalue weighted by Gasteiger charge is 2.18. The molecule has 5 N–H and O–H groups in total. The maximum Gasteiger partial charge on any atom is 0.293 e. The molecular weight excluding hydrogens is 506 g/mol. The van der Waals surface area contributed by atoms with Crippen LogP contribution in [0.3, 0.4) is 0 Å². The van der Waals surface area contributed by atoms with Crippen molar-refractivity contribution in [3.05, 3.63) is 89.3 Å². The molecule has 0 unspecified atom stereocenters. The van der Waals surface area contributed by atoms with Gasteiger partial charge in [-0.2, -0.15) is 0 Å². The van der Waals surface area contributed by atoms with E-state index >= 15 is 0 Å². The SMILES string of the molecule is CC(=O)NCCN/C(C=N)=C(\Oc1ccc(-c2cccc(NC(C)=O)c2)cc1)C(=O)Nc1ccc(Cl)cc1. The number of halogens is 1. The first-order chi connectivity index (χ1) is 18.2. The Kier molecular flexibility index (Phi) is 10.0. The van der Waals surface area contributed by atoms with Crippen LogP contribution in [0.5, 0.6) is 5.75 Å². The molecule has 38 heavy (non-hydrogen) atoms. The molecule has 0 aliphatic heterocycles. The Balaban J connectivity index is 1.84. The Labute approximate surface area is 225 Å². The number of benzene rings is 3. The van der Waals surface area contributed by atoms with Gasteiger partial charge in [0.05, 0.1) is 0 Å². The first-order valence-electron chi connectivity index (χ1n) is 11.7. The second kappa shape index (κ2) is 13.6. The molecule has 0 aliphatic rings. The van der Waals surface area contributed by atoms with E-state index in [1.807, 2.05) is 30.3 Å². The standard InChI is InChI=1S/C28H28ClN5O4/c1-18(35)31-14-15-32-26(17-30)27(28(37)34-23-10-8-22(29)9-11-23)38-25-12-6-20(7-13-25)21-4-3-5-24(16-21)33-19(2)36/h3-13,16-17,30,32H,14-15H2,1-2H3,(H,31,35)(H,33,36)(H,34,37)/b27-26-,30-17?. The molecule has 0 aliphatic carbocycles. The molecular formula is C28H28ClN5O4. The van der Waals surface area contributed by atoms with Crippen LogP contribution in [0.4, 0.5) is 11.4 Å². The number of nitrogens with one attached hydrogen (secondary N) is 5. The van der Waals surface area contributed by atoms with Crippen molar-refractivity contribution in [2.75, 3.05) is 23.7 Å². The van der Waals surface area contributed by atoms with Gasteiger partial charge in [-0.15, -0.1) is 0 Å². The third kappa shape index (κ3) is 8.49. The molecule has 3 amide bonds. The average Bonchev–Trinajstić information content (AvgIpc) is 2.89. The summed E-state index contributed by atoms with van der Waals surface area (Å²) in [6, 6.07) is 21.1. The number of anilines is 2. The third-order valence-electron chi connectivity index (χ3n) is 5.10. The van der Waals surface area contributed by atoms with E-state index in [4.69, 9.17) is 21.7 Å². The minimum absolute atomic E-state index is 0.127. The summed E-state index contributed by atoms with van der Waals surface area (Å²) in [5.41, 5.74) is 3.08. The lowest BCUT2D eigenvalue weighted by atomic mass is 10.0. The van der Waals surface area contributed by atoms with Gasteiger partial charge in [0.15, 0.2) is 0 Å². The molecule has 0 spiro atoms.